The summed E-state index contributed by atoms with van der Waals surface area (Å²) in [4.78, 5) is 15.3. The fourth-order valence-corrected chi connectivity index (χ4v) is 3.77. The van der Waals surface area contributed by atoms with Crippen LogP contribution in [-0.2, 0) is 4.79 Å². The third-order valence-electron chi connectivity index (χ3n) is 5.07. The highest BCUT2D eigenvalue weighted by Crippen LogP contribution is 2.38. The first-order valence-corrected chi connectivity index (χ1v) is 8.30. The van der Waals surface area contributed by atoms with Gasteiger partial charge in [-0.05, 0) is 51.2 Å². The molecule has 2 fully saturated rings. The fraction of sp³-hybridized carbons (Fsp3) is 0.867. The highest BCUT2D eigenvalue weighted by molar-refractivity contribution is 7.80. The van der Waals surface area contributed by atoms with Gasteiger partial charge in [-0.3, -0.25) is 4.79 Å². The van der Waals surface area contributed by atoms with Crippen molar-refractivity contribution in [3.63, 3.8) is 0 Å². The number of likely N-dealkylation sites (tertiary alicyclic amines) is 1. The lowest BCUT2D eigenvalue weighted by Gasteiger charge is -2.32. The van der Waals surface area contributed by atoms with Crippen LogP contribution in [-0.4, -0.2) is 42.0 Å². The van der Waals surface area contributed by atoms with E-state index in [1.165, 1.54) is 12.8 Å². The van der Waals surface area contributed by atoms with E-state index < -0.39 is 5.41 Å². The van der Waals surface area contributed by atoms with Crippen LogP contribution in [0.5, 0.6) is 0 Å². The van der Waals surface area contributed by atoms with Crippen LogP contribution in [0.3, 0.4) is 0 Å². The Kier molecular flexibility index (Phi) is 5.38. The average Bonchev–Trinajstić information content (AvgIpc) is 2.96. The standard InChI is InChI=1S/C15H27N3OS/c1-2-18-9-5-12(6-10-18)11-17-14(19)15(13(16)20)7-3-4-8-15/h12H,2-11H2,1H3,(H2,16,20)(H,17,19). The lowest BCUT2D eigenvalue weighted by atomic mass is 9.84. The molecule has 4 nitrogen and oxygen atoms in total. The Labute approximate surface area is 127 Å². The summed E-state index contributed by atoms with van der Waals surface area (Å²) in [5.41, 5.74) is 5.29. The highest BCUT2D eigenvalue weighted by atomic mass is 32.1. The van der Waals surface area contributed by atoms with Gasteiger partial charge in [0.1, 0.15) is 0 Å². The molecular formula is C15H27N3OS. The molecule has 0 radical (unpaired) electrons. The smallest absolute Gasteiger partial charge is 0.233 e. The van der Waals surface area contributed by atoms with E-state index in [1.54, 1.807) is 0 Å². The Morgan fingerprint density at radius 1 is 1.35 bits per heavy atom. The van der Waals surface area contributed by atoms with E-state index in [4.69, 9.17) is 18.0 Å². The van der Waals surface area contributed by atoms with Gasteiger partial charge in [-0.25, -0.2) is 0 Å². The number of piperidine rings is 1. The summed E-state index contributed by atoms with van der Waals surface area (Å²) < 4.78 is 0. The second kappa shape index (κ2) is 6.85. The van der Waals surface area contributed by atoms with Crippen molar-refractivity contribution in [2.24, 2.45) is 17.1 Å². The molecule has 0 aromatic carbocycles. The molecule has 0 unspecified atom stereocenters. The van der Waals surface area contributed by atoms with Crippen LogP contribution < -0.4 is 11.1 Å². The molecule has 1 amide bonds. The SMILES string of the molecule is CCN1CCC(CNC(=O)C2(C(N)=S)CCCC2)CC1. The molecule has 0 spiro atoms. The van der Waals surface area contributed by atoms with Crippen molar-refractivity contribution in [3.8, 4) is 0 Å². The third-order valence-corrected chi connectivity index (χ3v) is 5.46. The molecule has 3 N–H and O–H groups in total. The van der Waals surface area contributed by atoms with Crippen LogP contribution in [0, 0.1) is 11.3 Å². The first kappa shape index (κ1) is 15.7. The Balaban J connectivity index is 1.81. The van der Waals surface area contributed by atoms with Gasteiger partial charge in [-0.1, -0.05) is 32.0 Å². The van der Waals surface area contributed by atoms with Crippen molar-refractivity contribution >= 4 is 23.1 Å². The first-order valence-electron chi connectivity index (χ1n) is 7.89. The Bertz CT molecular complexity index is 358. The Morgan fingerprint density at radius 2 is 1.95 bits per heavy atom. The second-order valence-corrected chi connectivity index (χ2v) is 6.68. The molecular weight excluding hydrogens is 270 g/mol. The molecule has 5 heteroatoms. The second-order valence-electron chi connectivity index (χ2n) is 6.24. The maximum absolute atomic E-state index is 12.5. The van der Waals surface area contributed by atoms with Gasteiger partial charge in [-0.15, -0.1) is 0 Å². The van der Waals surface area contributed by atoms with Crippen LogP contribution in [0.2, 0.25) is 0 Å². The summed E-state index contributed by atoms with van der Waals surface area (Å²) in [5.74, 6) is 0.673. The number of amides is 1. The van der Waals surface area contributed by atoms with Crippen LogP contribution in [0.25, 0.3) is 0 Å². The average molecular weight is 297 g/mol. The zero-order valence-corrected chi connectivity index (χ0v) is 13.3. The van der Waals surface area contributed by atoms with Crippen LogP contribution in [0.1, 0.15) is 45.4 Å². The number of hydrogen-bond acceptors (Lipinski definition) is 3. The van der Waals surface area contributed by atoms with E-state index in [0.717, 1.165) is 51.9 Å². The van der Waals surface area contributed by atoms with Crippen molar-refractivity contribution in [3.05, 3.63) is 0 Å². The quantitative estimate of drug-likeness (QED) is 0.758. The molecule has 0 aromatic rings. The maximum Gasteiger partial charge on any atom is 0.233 e. The molecule has 1 aliphatic heterocycles. The van der Waals surface area contributed by atoms with Crippen molar-refractivity contribution in [2.75, 3.05) is 26.2 Å². The topological polar surface area (TPSA) is 58.4 Å². The maximum atomic E-state index is 12.5. The minimum absolute atomic E-state index is 0.0698. The van der Waals surface area contributed by atoms with Gasteiger partial charge in [0.2, 0.25) is 5.91 Å². The van der Waals surface area contributed by atoms with Crippen molar-refractivity contribution in [2.45, 2.75) is 45.4 Å². The van der Waals surface area contributed by atoms with Crippen molar-refractivity contribution in [1.29, 1.82) is 0 Å². The van der Waals surface area contributed by atoms with Gasteiger partial charge in [0.15, 0.2) is 0 Å². The number of carbonyl (C=O) groups excluding carboxylic acids is 1. The summed E-state index contributed by atoms with van der Waals surface area (Å²) in [6, 6.07) is 0. The van der Waals surface area contributed by atoms with E-state index in [9.17, 15) is 4.79 Å². The molecule has 1 saturated heterocycles. The molecule has 0 atom stereocenters. The van der Waals surface area contributed by atoms with E-state index in [0.29, 0.717) is 10.9 Å². The molecule has 0 aromatic heterocycles. The fourth-order valence-electron chi connectivity index (χ4n) is 3.48. The molecule has 1 saturated carbocycles. The normalized spacial score (nSPS) is 23.6. The van der Waals surface area contributed by atoms with E-state index in [-0.39, 0.29) is 5.91 Å². The molecule has 2 aliphatic rings. The largest absolute Gasteiger partial charge is 0.392 e. The summed E-state index contributed by atoms with van der Waals surface area (Å²) in [6.45, 7) is 6.41. The Hall–Kier alpha value is -0.680. The summed E-state index contributed by atoms with van der Waals surface area (Å²) >= 11 is 5.16. The monoisotopic (exact) mass is 297 g/mol. The van der Waals surface area contributed by atoms with Gasteiger partial charge >= 0.3 is 0 Å². The Morgan fingerprint density at radius 3 is 2.45 bits per heavy atom. The summed E-state index contributed by atoms with van der Waals surface area (Å²) in [6.07, 6.45) is 6.10. The van der Waals surface area contributed by atoms with Crippen LogP contribution >= 0.6 is 12.2 Å². The zero-order chi connectivity index (χ0) is 14.6. The lowest BCUT2D eigenvalue weighted by molar-refractivity contribution is -0.127. The minimum Gasteiger partial charge on any atom is -0.392 e. The van der Waals surface area contributed by atoms with E-state index in [1.807, 2.05) is 0 Å². The first-order chi connectivity index (χ1) is 9.58. The molecule has 2 rings (SSSR count). The van der Waals surface area contributed by atoms with Crippen LogP contribution in [0.4, 0.5) is 0 Å². The lowest BCUT2D eigenvalue weighted by Crippen LogP contribution is -2.49. The highest BCUT2D eigenvalue weighted by Gasteiger charge is 2.43. The predicted molar refractivity (Wildman–Crippen MR) is 85.5 cm³/mol. The van der Waals surface area contributed by atoms with Crippen molar-refractivity contribution in [1.82, 2.24) is 10.2 Å². The number of carbonyl (C=O) groups is 1. The van der Waals surface area contributed by atoms with E-state index in [2.05, 4.69) is 17.1 Å². The predicted octanol–water partition coefficient (Wildman–Crippen LogP) is 1.68. The zero-order valence-electron chi connectivity index (χ0n) is 12.5. The summed E-state index contributed by atoms with van der Waals surface area (Å²) in [5, 5.41) is 3.12. The number of nitrogens with one attached hydrogen (secondary N) is 1. The van der Waals surface area contributed by atoms with Gasteiger partial charge in [-0.2, -0.15) is 0 Å². The van der Waals surface area contributed by atoms with Crippen LogP contribution in [0.15, 0.2) is 0 Å². The van der Waals surface area contributed by atoms with E-state index >= 15 is 0 Å². The van der Waals surface area contributed by atoms with Gasteiger partial charge in [0, 0.05) is 6.54 Å². The number of hydrogen-bond donors (Lipinski definition) is 2. The van der Waals surface area contributed by atoms with Crippen molar-refractivity contribution < 1.29 is 4.79 Å². The van der Waals surface area contributed by atoms with Gasteiger partial charge < -0.3 is 16.0 Å². The van der Waals surface area contributed by atoms with Gasteiger partial charge in [0.25, 0.3) is 0 Å². The number of rotatable bonds is 5. The number of nitrogens with zero attached hydrogens (tertiary/aromatic N) is 1. The van der Waals surface area contributed by atoms with Gasteiger partial charge in [0.05, 0.1) is 10.4 Å². The molecule has 1 heterocycles. The number of thiocarbonyl (C=S) groups is 1. The molecule has 1 aliphatic carbocycles. The minimum atomic E-state index is -0.556. The molecule has 0 bridgehead atoms. The summed E-state index contributed by atoms with van der Waals surface area (Å²) in [7, 11) is 0. The molecule has 20 heavy (non-hydrogen) atoms. The molecule has 114 valence electrons. The number of nitrogens with two attached hydrogens (primary N) is 1. The third kappa shape index (κ3) is 3.31.